The summed E-state index contributed by atoms with van der Waals surface area (Å²) in [6.07, 6.45) is 0.546. The highest BCUT2D eigenvalue weighted by atomic mass is 35.5. The van der Waals surface area contributed by atoms with Crippen molar-refractivity contribution in [3.05, 3.63) is 17.5 Å². The van der Waals surface area contributed by atoms with Crippen molar-refractivity contribution < 1.29 is 18.7 Å². The van der Waals surface area contributed by atoms with Crippen molar-refractivity contribution in [3.63, 3.8) is 0 Å². The first kappa shape index (κ1) is 16.7. The summed E-state index contributed by atoms with van der Waals surface area (Å²) in [5.74, 6) is 0.172. The number of amides is 1. The quantitative estimate of drug-likeness (QED) is 0.833. The van der Waals surface area contributed by atoms with E-state index in [1.54, 1.807) is 20.8 Å². The maximum atomic E-state index is 14.2. The van der Waals surface area contributed by atoms with Gasteiger partial charge in [-0.25, -0.2) is 9.18 Å². The lowest BCUT2D eigenvalue weighted by molar-refractivity contribution is -0.0115. The molecule has 6 nitrogen and oxygen atoms in total. The molecule has 0 N–H and O–H groups in total. The van der Waals surface area contributed by atoms with Crippen LogP contribution in [0.3, 0.4) is 0 Å². The zero-order chi connectivity index (χ0) is 16.3. The summed E-state index contributed by atoms with van der Waals surface area (Å²) in [4.78, 5) is 21.0. The van der Waals surface area contributed by atoms with Crippen molar-refractivity contribution in [1.29, 1.82) is 0 Å². The molecular formula is C14H19ClFN3O3. The number of likely N-dealkylation sites (tertiary alicyclic amines) is 1. The highest BCUT2D eigenvalue weighted by Gasteiger charge is 2.35. The third-order valence-electron chi connectivity index (χ3n) is 2.99. The summed E-state index contributed by atoms with van der Waals surface area (Å²) in [6.45, 7) is 5.59. The Labute approximate surface area is 133 Å². The Morgan fingerprint density at radius 1 is 1.45 bits per heavy atom. The van der Waals surface area contributed by atoms with Crippen molar-refractivity contribution in [1.82, 2.24) is 14.9 Å². The second kappa shape index (κ2) is 6.64. The van der Waals surface area contributed by atoms with Crippen LogP contribution < -0.4 is 4.74 Å². The van der Waals surface area contributed by atoms with Crippen LogP contribution in [0.4, 0.5) is 9.18 Å². The Kier molecular flexibility index (Phi) is 5.05. The number of aromatic nitrogens is 2. The molecule has 1 aromatic heterocycles. The second-order valence-corrected chi connectivity index (χ2v) is 6.45. The minimum atomic E-state index is -1.33. The van der Waals surface area contributed by atoms with E-state index in [9.17, 15) is 9.18 Å². The van der Waals surface area contributed by atoms with Gasteiger partial charge in [-0.15, -0.1) is 0 Å². The predicted molar refractivity (Wildman–Crippen MR) is 78.8 cm³/mol. The van der Waals surface area contributed by atoms with Gasteiger partial charge in [-0.1, -0.05) is 11.6 Å². The number of halogens is 2. The fourth-order valence-electron chi connectivity index (χ4n) is 2.05. The summed E-state index contributed by atoms with van der Waals surface area (Å²) in [5.41, 5.74) is -0.605. The van der Waals surface area contributed by atoms with Crippen molar-refractivity contribution >= 4 is 17.7 Å². The molecule has 2 rings (SSSR count). The van der Waals surface area contributed by atoms with E-state index in [1.807, 2.05) is 0 Å². The molecule has 1 aliphatic heterocycles. The van der Waals surface area contributed by atoms with E-state index >= 15 is 0 Å². The van der Waals surface area contributed by atoms with Gasteiger partial charge in [-0.05, 0) is 20.8 Å². The number of piperidine rings is 1. The number of alkyl halides is 1. The van der Waals surface area contributed by atoms with E-state index < -0.39 is 24.0 Å². The second-order valence-electron chi connectivity index (χ2n) is 6.07. The summed E-state index contributed by atoms with van der Waals surface area (Å²) in [6, 6.07) is 0. The molecule has 0 spiro atoms. The third-order valence-corrected chi connectivity index (χ3v) is 3.17. The SMILES string of the molecule is CC(C)(C)OC(=O)N1CC[C@H](Oc2cncc(Cl)n2)[C@@H](F)C1. The first-order chi connectivity index (χ1) is 10.2. The zero-order valence-electron chi connectivity index (χ0n) is 12.8. The van der Waals surface area contributed by atoms with Gasteiger partial charge in [-0.3, -0.25) is 4.98 Å². The normalized spacial score (nSPS) is 22.3. The average Bonchev–Trinajstić information content (AvgIpc) is 2.39. The average molecular weight is 332 g/mol. The van der Waals surface area contributed by atoms with Crippen LogP contribution in [0.15, 0.2) is 12.4 Å². The smallest absolute Gasteiger partial charge is 0.410 e. The number of hydrogen-bond donors (Lipinski definition) is 0. The highest BCUT2D eigenvalue weighted by molar-refractivity contribution is 6.29. The van der Waals surface area contributed by atoms with Gasteiger partial charge in [0, 0.05) is 13.0 Å². The molecule has 22 heavy (non-hydrogen) atoms. The lowest BCUT2D eigenvalue weighted by atomic mass is 10.1. The number of ether oxygens (including phenoxy) is 2. The van der Waals surface area contributed by atoms with Crippen molar-refractivity contribution in [3.8, 4) is 5.88 Å². The fourth-order valence-corrected chi connectivity index (χ4v) is 2.19. The zero-order valence-corrected chi connectivity index (χ0v) is 13.5. The minimum absolute atomic E-state index is 0.0758. The van der Waals surface area contributed by atoms with Crippen LogP contribution in [-0.4, -0.2) is 51.9 Å². The van der Waals surface area contributed by atoms with Crippen LogP contribution in [0.25, 0.3) is 0 Å². The van der Waals surface area contributed by atoms with Crippen LogP contribution in [0.2, 0.25) is 5.15 Å². The molecule has 8 heteroatoms. The van der Waals surface area contributed by atoms with Gasteiger partial charge in [0.25, 0.3) is 0 Å². The molecule has 1 aliphatic rings. The molecule has 1 saturated heterocycles. The first-order valence-electron chi connectivity index (χ1n) is 7.01. The monoisotopic (exact) mass is 331 g/mol. The molecule has 1 amide bonds. The molecule has 2 heterocycles. The summed E-state index contributed by atoms with van der Waals surface area (Å²) in [7, 11) is 0. The van der Waals surface area contributed by atoms with E-state index in [1.165, 1.54) is 17.3 Å². The van der Waals surface area contributed by atoms with E-state index in [0.717, 1.165) is 0 Å². The maximum Gasteiger partial charge on any atom is 0.410 e. The van der Waals surface area contributed by atoms with E-state index in [0.29, 0.717) is 13.0 Å². The number of hydrogen-bond acceptors (Lipinski definition) is 5. The van der Waals surface area contributed by atoms with Gasteiger partial charge in [-0.2, -0.15) is 4.98 Å². The van der Waals surface area contributed by atoms with E-state index in [4.69, 9.17) is 21.1 Å². The predicted octanol–water partition coefficient (Wildman–Crippen LogP) is 2.86. The molecular weight excluding hydrogens is 313 g/mol. The number of carbonyl (C=O) groups is 1. The summed E-state index contributed by atoms with van der Waals surface area (Å²) < 4.78 is 24.9. The van der Waals surface area contributed by atoms with Crippen molar-refractivity contribution in [2.75, 3.05) is 13.1 Å². The van der Waals surface area contributed by atoms with Crippen LogP contribution in [0.1, 0.15) is 27.2 Å². The Balaban J connectivity index is 1.91. The van der Waals surface area contributed by atoms with Gasteiger partial charge >= 0.3 is 6.09 Å². The van der Waals surface area contributed by atoms with E-state index in [2.05, 4.69) is 9.97 Å². The summed E-state index contributed by atoms with van der Waals surface area (Å²) in [5, 5.41) is 0.180. The molecule has 122 valence electrons. The highest BCUT2D eigenvalue weighted by Crippen LogP contribution is 2.22. The Morgan fingerprint density at radius 3 is 2.77 bits per heavy atom. The summed E-state index contributed by atoms with van der Waals surface area (Å²) >= 11 is 5.71. The van der Waals surface area contributed by atoms with Crippen LogP contribution in [0.5, 0.6) is 5.88 Å². The Morgan fingerprint density at radius 2 is 2.18 bits per heavy atom. The number of carbonyl (C=O) groups excluding carboxylic acids is 1. The van der Waals surface area contributed by atoms with Gasteiger partial charge in [0.1, 0.15) is 11.7 Å². The molecule has 0 radical (unpaired) electrons. The molecule has 0 saturated carbocycles. The van der Waals surface area contributed by atoms with Gasteiger partial charge < -0.3 is 14.4 Å². The van der Waals surface area contributed by atoms with Gasteiger partial charge in [0.15, 0.2) is 11.3 Å². The van der Waals surface area contributed by atoms with Crippen LogP contribution >= 0.6 is 11.6 Å². The Hall–Kier alpha value is -1.63. The number of nitrogens with zero attached hydrogens (tertiary/aromatic N) is 3. The van der Waals surface area contributed by atoms with Crippen LogP contribution in [-0.2, 0) is 4.74 Å². The largest absolute Gasteiger partial charge is 0.470 e. The fraction of sp³-hybridized carbons (Fsp3) is 0.643. The molecule has 2 atom stereocenters. The maximum absolute atomic E-state index is 14.2. The van der Waals surface area contributed by atoms with Crippen molar-refractivity contribution in [2.45, 2.75) is 45.1 Å². The van der Waals surface area contributed by atoms with E-state index in [-0.39, 0.29) is 17.6 Å². The first-order valence-corrected chi connectivity index (χ1v) is 7.38. The topological polar surface area (TPSA) is 64.5 Å². The van der Waals surface area contributed by atoms with Gasteiger partial charge in [0.2, 0.25) is 5.88 Å². The molecule has 0 aromatic carbocycles. The minimum Gasteiger partial charge on any atom is -0.470 e. The van der Waals surface area contributed by atoms with Crippen LogP contribution in [0, 0.1) is 0 Å². The molecule has 0 aliphatic carbocycles. The molecule has 1 fully saturated rings. The lowest BCUT2D eigenvalue weighted by Crippen LogP contribution is -2.50. The molecule has 0 bridgehead atoms. The molecule has 0 unspecified atom stereocenters. The third kappa shape index (κ3) is 4.69. The number of rotatable bonds is 2. The lowest BCUT2D eigenvalue weighted by Gasteiger charge is -2.35. The Bertz CT molecular complexity index is 538. The standard InChI is InChI=1S/C14H19ClFN3O3/c1-14(2,3)22-13(20)19-5-4-10(9(16)8-19)21-12-7-17-6-11(15)18-12/h6-7,9-10H,4-5,8H2,1-3H3/t9-,10-/m0/s1. The molecule has 1 aromatic rings. The van der Waals surface area contributed by atoms with Crippen molar-refractivity contribution in [2.24, 2.45) is 0 Å². The van der Waals surface area contributed by atoms with Gasteiger partial charge in [0.05, 0.1) is 18.9 Å².